The normalized spacial score (nSPS) is 17.7. The predicted octanol–water partition coefficient (Wildman–Crippen LogP) is 4.24. The van der Waals surface area contributed by atoms with Crippen molar-refractivity contribution in [1.82, 2.24) is 0 Å². The second-order valence-electron chi connectivity index (χ2n) is 5.13. The van der Waals surface area contributed by atoms with E-state index in [4.69, 9.17) is 4.74 Å². The van der Waals surface area contributed by atoms with Gasteiger partial charge in [0.2, 0.25) is 0 Å². The van der Waals surface area contributed by atoms with Crippen LogP contribution in [0, 0.1) is 5.41 Å². The van der Waals surface area contributed by atoms with E-state index in [1.54, 1.807) is 0 Å². The SMILES string of the molecule is CCOc1ccc(C(=O)C2(CC)CCCC2)cc1. The zero-order valence-corrected chi connectivity index (χ0v) is 11.4. The van der Waals surface area contributed by atoms with Crippen LogP contribution in [0.1, 0.15) is 56.3 Å². The second kappa shape index (κ2) is 5.55. The first-order valence-corrected chi connectivity index (χ1v) is 6.99. The number of ketones is 1. The summed E-state index contributed by atoms with van der Waals surface area (Å²) in [6.07, 6.45) is 5.44. The van der Waals surface area contributed by atoms with Gasteiger partial charge in [0.05, 0.1) is 6.61 Å². The maximum absolute atomic E-state index is 12.6. The van der Waals surface area contributed by atoms with Gasteiger partial charge in [-0.1, -0.05) is 19.8 Å². The molecule has 1 aromatic carbocycles. The number of hydrogen-bond donors (Lipinski definition) is 0. The lowest BCUT2D eigenvalue weighted by Gasteiger charge is -2.25. The maximum Gasteiger partial charge on any atom is 0.168 e. The molecule has 0 aliphatic heterocycles. The van der Waals surface area contributed by atoms with E-state index in [2.05, 4.69) is 6.92 Å². The minimum absolute atomic E-state index is 0.0901. The van der Waals surface area contributed by atoms with Crippen LogP contribution in [-0.4, -0.2) is 12.4 Å². The average Bonchev–Trinajstić information content (AvgIpc) is 2.89. The Morgan fingerprint density at radius 2 is 1.78 bits per heavy atom. The van der Waals surface area contributed by atoms with Crippen LogP contribution in [0.25, 0.3) is 0 Å². The molecule has 0 saturated heterocycles. The molecule has 1 fully saturated rings. The van der Waals surface area contributed by atoms with Gasteiger partial charge in [0.25, 0.3) is 0 Å². The van der Waals surface area contributed by atoms with Crippen molar-refractivity contribution < 1.29 is 9.53 Å². The highest BCUT2D eigenvalue weighted by Gasteiger charge is 2.39. The van der Waals surface area contributed by atoms with E-state index < -0.39 is 0 Å². The summed E-state index contributed by atoms with van der Waals surface area (Å²) in [6.45, 7) is 4.76. The fourth-order valence-electron chi connectivity index (χ4n) is 2.97. The molecule has 0 heterocycles. The number of rotatable bonds is 5. The zero-order chi connectivity index (χ0) is 13.0. The Morgan fingerprint density at radius 1 is 1.17 bits per heavy atom. The number of ether oxygens (including phenoxy) is 1. The largest absolute Gasteiger partial charge is 0.494 e. The zero-order valence-electron chi connectivity index (χ0n) is 11.4. The first-order chi connectivity index (χ1) is 8.72. The van der Waals surface area contributed by atoms with Crippen LogP contribution in [0.2, 0.25) is 0 Å². The molecular formula is C16H22O2. The van der Waals surface area contributed by atoms with Gasteiger partial charge in [-0.05, 0) is 50.5 Å². The monoisotopic (exact) mass is 246 g/mol. The van der Waals surface area contributed by atoms with E-state index in [0.717, 1.165) is 30.6 Å². The molecule has 1 aliphatic rings. The van der Waals surface area contributed by atoms with Crippen LogP contribution in [0.4, 0.5) is 0 Å². The summed E-state index contributed by atoms with van der Waals surface area (Å²) in [7, 11) is 0. The fourth-order valence-corrected chi connectivity index (χ4v) is 2.97. The van der Waals surface area contributed by atoms with Crippen LogP contribution in [0.5, 0.6) is 5.75 Å². The Balaban J connectivity index is 2.17. The molecule has 0 spiro atoms. The molecule has 1 aromatic rings. The Kier molecular flexibility index (Phi) is 4.05. The highest BCUT2D eigenvalue weighted by molar-refractivity contribution is 6.00. The molecule has 0 atom stereocenters. The molecule has 1 aliphatic carbocycles. The van der Waals surface area contributed by atoms with E-state index in [1.165, 1.54) is 12.8 Å². The van der Waals surface area contributed by atoms with Crippen molar-refractivity contribution in [3.63, 3.8) is 0 Å². The highest BCUT2D eigenvalue weighted by atomic mass is 16.5. The lowest BCUT2D eigenvalue weighted by Crippen LogP contribution is -2.27. The third kappa shape index (κ3) is 2.43. The van der Waals surface area contributed by atoms with E-state index in [1.807, 2.05) is 31.2 Å². The van der Waals surface area contributed by atoms with Gasteiger partial charge in [-0.15, -0.1) is 0 Å². The predicted molar refractivity (Wildman–Crippen MR) is 73.1 cm³/mol. The number of benzene rings is 1. The topological polar surface area (TPSA) is 26.3 Å². The molecule has 98 valence electrons. The van der Waals surface area contributed by atoms with Gasteiger partial charge >= 0.3 is 0 Å². The smallest absolute Gasteiger partial charge is 0.168 e. The lowest BCUT2D eigenvalue weighted by molar-refractivity contribution is 0.0791. The van der Waals surface area contributed by atoms with Crippen molar-refractivity contribution >= 4 is 5.78 Å². The quantitative estimate of drug-likeness (QED) is 0.726. The van der Waals surface area contributed by atoms with E-state index in [-0.39, 0.29) is 5.41 Å². The lowest BCUT2D eigenvalue weighted by atomic mass is 9.76. The summed E-state index contributed by atoms with van der Waals surface area (Å²) in [5.74, 6) is 1.16. The molecule has 0 unspecified atom stereocenters. The van der Waals surface area contributed by atoms with Crippen molar-refractivity contribution in [2.24, 2.45) is 5.41 Å². The van der Waals surface area contributed by atoms with Gasteiger partial charge in [0, 0.05) is 11.0 Å². The van der Waals surface area contributed by atoms with Gasteiger partial charge in [-0.2, -0.15) is 0 Å². The number of carbonyl (C=O) groups is 1. The minimum atomic E-state index is -0.0901. The van der Waals surface area contributed by atoms with Gasteiger partial charge in [-0.25, -0.2) is 0 Å². The summed E-state index contributed by atoms with van der Waals surface area (Å²) in [6, 6.07) is 7.61. The van der Waals surface area contributed by atoms with Crippen molar-refractivity contribution in [3.05, 3.63) is 29.8 Å². The second-order valence-corrected chi connectivity index (χ2v) is 5.13. The van der Waals surface area contributed by atoms with Crippen LogP contribution in [0.3, 0.4) is 0 Å². The van der Waals surface area contributed by atoms with Gasteiger partial charge in [-0.3, -0.25) is 4.79 Å². The maximum atomic E-state index is 12.6. The van der Waals surface area contributed by atoms with E-state index in [9.17, 15) is 4.79 Å². The standard InChI is InChI=1S/C16H22O2/c1-3-16(11-5-6-12-16)15(17)13-7-9-14(10-8-13)18-4-2/h7-10H,3-6,11-12H2,1-2H3. The first kappa shape index (κ1) is 13.1. The van der Waals surface area contributed by atoms with Crippen LogP contribution < -0.4 is 4.74 Å². The molecule has 0 bridgehead atoms. The van der Waals surface area contributed by atoms with Crippen molar-refractivity contribution in [1.29, 1.82) is 0 Å². The average molecular weight is 246 g/mol. The van der Waals surface area contributed by atoms with Crippen molar-refractivity contribution in [3.8, 4) is 5.75 Å². The fraction of sp³-hybridized carbons (Fsp3) is 0.562. The minimum Gasteiger partial charge on any atom is -0.494 e. The molecule has 2 heteroatoms. The number of hydrogen-bond acceptors (Lipinski definition) is 2. The van der Waals surface area contributed by atoms with Crippen molar-refractivity contribution in [2.75, 3.05) is 6.61 Å². The van der Waals surface area contributed by atoms with Gasteiger partial charge < -0.3 is 4.74 Å². The Labute approximate surface area is 109 Å². The first-order valence-electron chi connectivity index (χ1n) is 6.99. The third-order valence-corrected chi connectivity index (χ3v) is 4.15. The highest BCUT2D eigenvalue weighted by Crippen LogP contribution is 2.43. The summed E-state index contributed by atoms with van der Waals surface area (Å²) in [4.78, 5) is 12.6. The summed E-state index contributed by atoms with van der Waals surface area (Å²) in [5, 5.41) is 0. The molecule has 0 aromatic heterocycles. The Hall–Kier alpha value is -1.31. The Morgan fingerprint density at radius 3 is 2.28 bits per heavy atom. The van der Waals surface area contributed by atoms with Crippen LogP contribution in [0.15, 0.2) is 24.3 Å². The molecule has 2 rings (SSSR count). The summed E-state index contributed by atoms with van der Waals surface area (Å²) < 4.78 is 5.41. The molecule has 1 saturated carbocycles. The van der Waals surface area contributed by atoms with Crippen LogP contribution >= 0.6 is 0 Å². The third-order valence-electron chi connectivity index (χ3n) is 4.15. The molecule has 0 radical (unpaired) electrons. The van der Waals surface area contributed by atoms with E-state index >= 15 is 0 Å². The molecule has 0 amide bonds. The van der Waals surface area contributed by atoms with Gasteiger partial charge in [0.15, 0.2) is 5.78 Å². The van der Waals surface area contributed by atoms with Crippen LogP contribution in [-0.2, 0) is 0 Å². The number of carbonyl (C=O) groups excluding carboxylic acids is 1. The molecule has 0 N–H and O–H groups in total. The van der Waals surface area contributed by atoms with E-state index in [0.29, 0.717) is 12.4 Å². The van der Waals surface area contributed by atoms with Crippen molar-refractivity contribution in [2.45, 2.75) is 46.0 Å². The summed E-state index contributed by atoms with van der Waals surface area (Å²) in [5.41, 5.74) is 0.745. The molecular weight excluding hydrogens is 224 g/mol. The Bertz CT molecular complexity index is 400. The van der Waals surface area contributed by atoms with Gasteiger partial charge in [0.1, 0.15) is 5.75 Å². The summed E-state index contributed by atoms with van der Waals surface area (Å²) >= 11 is 0. The number of Topliss-reactive ketones (excluding diaryl/α,β-unsaturated/α-hetero) is 1. The molecule has 18 heavy (non-hydrogen) atoms. The molecule has 2 nitrogen and oxygen atoms in total.